The number of hydrogen-bond donors (Lipinski definition) is 1. The summed E-state index contributed by atoms with van der Waals surface area (Å²) in [5, 5.41) is 13.1. The number of anilines is 1. The van der Waals surface area contributed by atoms with Crippen molar-refractivity contribution in [3.8, 4) is 6.07 Å². The molecular formula is C16H15ClN4O2. The van der Waals surface area contributed by atoms with Crippen LogP contribution >= 0.6 is 11.6 Å². The molecule has 0 spiro atoms. The zero-order valence-corrected chi connectivity index (χ0v) is 13.5. The van der Waals surface area contributed by atoms with E-state index in [1.807, 2.05) is 30.3 Å². The third kappa shape index (κ3) is 2.64. The molecule has 23 heavy (non-hydrogen) atoms. The minimum absolute atomic E-state index is 0.0497. The van der Waals surface area contributed by atoms with E-state index in [0.717, 1.165) is 16.6 Å². The molecular weight excluding hydrogens is 316 g/mol. The molecule has 6 nitrogen and oxygen atoms in total. The Morgan fingerprint density at radius 3 is 2.70 bits per heavy atom. The summed E-state index contributed by atoms with van der Waals surface area (Å²) in [6.07, 6.45) is 0.856. The van der Waals surface area contributed by atoms with E-state index in [-0.39, 0.29) is 23.3 Å². The second-order valence-corrected chi connectivity index (χ2v) is 6.13. The summed E-state index contributed by atoms with van der Waals surface area (Å²) in [7, 11) is 2.91. The number of nitrogens with zero attached hydrogens (tertiary/aromatic N) is 3. The Labute approximate surface area is 137 Å². The predicted octanol–water partition coefficient (Wildman–Crippen LogP) is 1.58. The second-order valence-electron chi connectivity index (χ2n) is 5.69. The molecule has 0 bridgehead atoms. The third-order valence-electron chi connectivity index (χ3n) is 4.17. The highest BCUT2D eigenvalue weighted by atomic mass is 35.5. The number of halogens is 1. The number of aromatic nitrogens is 2. The maximum Gasteiger partial charge on any atom is 0.332 e. The van der Waals surface area contributed by atoms with Crippen molar-refractivity contribution < 1.29 is 0 Å². The lowest BCUT2D eigenvalue weighted by Gasteiger charge is -2.13. The van der Waals surface area contributed by atoms with E-state index >= 15 is 0 Å². The smallest absolute Gasteiger partial charge is 0.332 e. The van der Waals surface area contributed by atoms with Gasteiger partial charge in [-0.25, -0.2) is 4.79 Å². The lowest BCUT2D eigenvalue weighted by atomic mass is 10.1. The molecule has 7 heteroatoms. The first kappa shape index (κ1) is 15.4. The van der Waals surface area contributed by atoms with Gasteiger partial charge in [0.05, 0.1) is 0 Å². The highest BCUT2D eigenvalue weighted by molar-refractivity contribution is 6.30. The monoisotopic (exact) mass is 330 g/mol. The molecule has 118 valence electrons. The summed E-state index contributed by atoms with van der Waals surface area (Å²) in [6.45, 7) is 0. The van der Waals surface area contributed by atoms with Gasteiger partial charge in [0.2, 0.25) is 0 Å². The number of nitrogens with one attached hydrogen (secondary N) is 1. The van der Waals surface area contributed by atoms with E-state index in [9.17, 15) is 14.9 Å². The Kier molecular flexibility index (Phi) is 3.74. The molecule has 0 radical (unpaired) electrons. The van der Waals surface area contributed by atoms with Crippen molar-refractivity contribution in [2.24, 2.45) is 14.1 Å². The quantitative estimate of drug-likeness (QED) is 0.926. The summed E-state index contributed by atoms with van der Waals surface area (Å²) < 4.78 is 2.23. The van der Waals surface area contributed by atoms with Gasteiger partial charge in [-0.1, -0.05) is 23.7 Å². The highest BCUT2D eigenvalue weighted by Gasteiger charge is 2.39. The maximum absolute atomic E-state index is 12.1. The molecule has 1 aliphatic carbocycles. The number of benzene rings is 1. The lowest BCUT2D eigenvalue weighted by Crippen LogP contribution is -2.40. The summed E-state index contributed by atoms with van der Waals surface area (Å²) in [4.78, 5) is 24.1. The average molecular weight is 331 g/mol. The van der Waals surface area contributed by atoms with E-state index in [1.54, 1.807) is 7.05 Å². The normalized spacial score (nSPS) is 19.2. The van der Waals surface area contributed by atoms with E-state index in [0.29, 0.717) is 5.02 Å². The molecule has 0 aliphatic heterocycles. The van der Waals surface area contributed by atoms with Crippen molar-refractivity contribution in [1.29, 1.82) is 5.26 Å². The van der Waals surface area contributed by atoms with Crippen LogP contribution in [0.4, 0.5) is 5.82 Å². The minimum atomic E-state index is -0.585. The molecule has 1 N–H and O–H groups in total. The zero-order valence-electron chi connectivity index (χ0n) is 12.7. The summed E-state index contributed by atoms with van der Waals surface area (Å²) in [5.41, 5.74) is 0.00296. The first-order valence-corrected chi connectivity index (χ1v) is 7.54. The SMILES string of the molecule is Cn1c(N[C@H]2C[C@H]2c2cccc(Cl)c2)c(C#N)c(=O)n(C)c1=O. The second kappa shape index (κ2) is 5.60. The molecule has 1 aliphatic rings. The van der Waals surface area contributed by atoms with Crippen molar-refractivity contribution in [3.63, 3.8) is 0 Å². The van der Waals surface area contributed by atoms with Crippen molar-refractivity contribution in [3.05, 3.63) is 61.3 Å². The Morgan fingerprint density at radius 2 is 2.04 bits per heavy atom. The van der Waals surface area contributed by atoms with Gasteiger partial charge in [-0.3, -0.25) is 13.9 Å². The van der Waals surface area contributed by atoms with Crippen molar-refractivity contribution in [1.82, 2.24) is 9.13 Å². The molecule has 0 unspecified atom stereocenters. The van der Waals surface area contributed by atoms with Crippen molar-refractivity contribution in [2.75, 3.05) is 5.32 Å². The van der Waals surface area contributed by atoms with Crippen LogP contribution in [0, 0.1) is 11.3 Å². The molecule has 1 fully saturated rings. The summed E-state index contributed by atoms with van der Waals surface area (Å²) >= 11 is 6.00. The van der Waals surface area contributed by atoms with Gasteiger partial charge < -0.3 is 5.32 Å². The van der Waals surface area contributed by atoms with E-state index in [4.69, 9.17) is 11.6 Å². The maximum atomic E-state index is 12.1. The lowest BCUT2D eigenvalue weighted by molar-refractivity contribution is 0.684. The number of nitriles is 1. The van der Waals surface area contributed by atoms with Crippen LogP contribution in [0.15, 0.2) is 33.9 Å². The highest BCUT2D eigenvalue weighted by Crippen LogP contribution is 2.43. The van der Waals surface area contributed by atoms with Gasteiger partial charge in [0.15, 0.2) is 5.56 Å². The van der Waals surface area contributed by atoms with Crippen LogP contribution in [-0.4, -0.2) is 15.2 Å². The Morgan fingerprint density at radius 1 is 1.30 bits per heavy atom. The van der Waals surface area contributed by atoms with Gasteiger partial charge in [-0.2, -0.15) is 5.26 Å². The zero-order chi connectivity index (χ0) is 16.7. The molecule has 1 heterocycles. The topological polar surface area (TPSA) is 79.8 Å². The largest absolute Gasteiger partial charge is 0.367 e. The van der Waals surface area contributed by atoms with Crippen LogP contribution in [0.2, 0.25) is 5.02 Å². The predicted molar refractivity (Wildman–Crippen MR) is 87.9 cm³/mol. The van der Waals surface area contributed by atoms with Gasteiger partial charge in [-0.15, -0.1) is 0 Å². The molecule has 0 amide bonds. The van der Waals surface area contributed by atoms with E-state index in [1.165, 1.54) is 11.6 Å². The van der Waals surface area contributed by atoms with Gasteiger partial charge in [0.25, 0.3) is 5.56 Å². The Balaban J connectivity index is 1.93. The molecule has 3 rings (SSSR count). The number of rotatable bonds is 3. The van der Waals surface area contributed by atoms with Gasteiger partial charge in [-0.05, 0) is 24.1 Å². The van der Waals surface area contributed by atoms with Crippen LogP contribution in [0.5, 0.6) is 0 Å². The first-order chi connectivity index (χ1) is 10.9. The van der Waals surface area contributed by atoms with Gasteiger partial charge in [0, 0.05) is 31.1 Å². The number of hydrogen-bond acceptors (Lipinski definition) is 4. The average Bonchev–Trinajstić information content (AvgIpc) is 3.30. The van der Waals surface area contributed by atoms with Crippen molar-refractivity contribution >= 4 is 17.4 Å². The molecule has 1 aromatic carbocycles. The van der Waals surface area contributed by atoms with Crippen molar-refractivity contribution in [2.45, 2.75) is 18.4 Å². The van der Waals surface area contributed by atoms with Crippen LogP contribution in [0.3, 0.4) is 0 Å². The fraction of sp³-hybridized carbons (Fsp3) is 0.312. The third-order valence-corrected chi connectivity index (χ3v) is 4.40. The summed E-state index contributed by atoms with van der Waals surface area (Å²) in [6, 6.07) is 9.56. The van der Waals surface area contributed by atoms with Crippen LogP contribution in [0.1, 0.15) is 23.5 Å². The fourth-order valence-corrected chi connectivity index (χ4v) is 2.95. The summed E-state index contributed by atoms with van der Waals surface area (Å²) in [5.74, 6) is 0.523. The van der Waals surface area contributed by atoms with E-state index < -0.39 is 11.2 Å². The first-order valence-electron chi connectivity index (χ1n) is 7.16. The molecule has 2 atom stereocenters. The van der Waals surface area contributed by atoms with Gasteiger partial charge >= 0.3 is 5.69 Å². The molecule has 1 saturated carbocycles. The minimum Gasteiger partial charge on any atom is -0.367 e. The van der Waals surface area contributed by atoms with Crippen LogP contribution in [-0.2, 0) is 14.1 Å². The Hall–Kier alpha value is -2.52. The Bertz CT molecular complexity index is 939. The molecule has 2 aromatic rings. The van der Waals surface area contributed by atoms with Crippen LogP contribution in [0.25, 0.3) is 0 Å². The van der Waals surface area contributed by atoms with E-state index in [2.05, 4.69) is 5.32 Å². The van der Waals surface area contributed by atoms with Gasteiger partial charge in [0.1, 0.15) is 11.9 Å². The fourth-order valence-electron chi connectivity index (χ4n) is 2.75. The molecule has 0 saturated heterocycles. The molecule has 1 aromatic heterocycles. The van der Waals surface area contributed by atoms with Crippen LogP contribution < -0.4 is 16.6 Å². The standard InChI is InChI=1S/C16H15ClN4O2/c1-20-14(12(8-18)15(22)21(2)16(20)23)19-13-7-11(13)9-4-3-5-10(17)6-9/h3-6,11,13,19H,7H2,1-2H3/t11-,13-/m0/s1.